The third-order valence-electron chi connectivity index (χ3n) is 5.05. The van der Waals surface area contributed by atoms with E-state index < -0.39 is 0 Å². The molecule has 2 aromatic carbocycles. The Morgan fingerprint density at radius 2 is 2.00 bits per heavy atom. The molecule has 6 nitrogen and oxygen atoms in total. The molecule has 2 heterocycles. The highest BCUT2D eigenvalue weighted by Crippen LogP contribution is 2.32. The maximum absolute atomic E-state index is 13.3. The molecule has 0 atom stereocenters. The molecule has 7 heteroatoms. The third-order valence-corrected chi connectivity index (χ3v) is 6.08. The molecule has 1 amide bonds. The van der Waals surface area contributed by atoms with Gasteiger partial charge >= 0.3 is 0 Å². The van der Waals surface area contributed by atoms with E-state index in [1.807, 2.05) is 48.1 Å². The topological polar surface area (TPSA) is 60.2 Å². The van der Waals surface area contributed by atoms with Gasteiger partial charge in [-0.2, -0.15) is 5.10 Å². The predicted octanol–water partition coefficient (Wildman–Crippen LogP) is 4.78. The Kier molecular flexibility index (Phi) is 6.32. The molecule has 2 aromatic heterocycles. The summed E-state index contributed by atoms with van der Waals surface area (Å²) in [4.78, 5) is 20.0. The van der Waals surface area contributed by atoms with Crippen molar-refractivity contribution in [3.05, 3.63) is 71.5 Å². The van der Waals surface area contributed by atoms with E-state index in [-0.39, 0.29) is 5.91 Å². The average molecular weight is 435 g/mol. The summed E-state index contributed by atoms with van der Waals surface area (Å²) in [5, 5.41) is 5.00. The van der Waals surface area contributed by atoms with Crippen LogP contribution in [0.4, 0.5) is 5.13 Å². The van der Waals surface area contributed by atoms with Crippen LogP contribution in [0.5, 0.6) is 5.75 Å². The lowest BCUT2D eigenvalue weighted by Gasteiger charge is -2.20. The number of anilines is 1. The minimum atomic E-state index is 0.0183. The predicted molar refractivity (Wildman–Crippen MR) is 125 cm³/mol. The quantitative estimate of drug-likeness (QED) is 0.400. The lowest BCUT2D eigenvalue weighted by molar-refractivity contribution is -0.118. The number of ether oxygens (including phenoxy) is 1. The van der Waals surface area contributed by atoms with Crippen molar-refractivity contribution in [2.24, 2.45) is 0 Å². The number of carbonyl (C=O) groups is 1. The number of nitrogens with zero attached hydrogens (tertiary/aromatic N) is 4. The second kappa shape index (κ2) is 9.31. The lowest BCUT2D eigenvalue weighted by atomic mass is 10.1. The molecule has 0 N–H and O–H groups in total. The van der Waals surface area contributed by atoms with Gasteiger partial charge in [0.2, 0.25) is 5.91 Å². The largest absolute Gasteiger partial charge is 0.494 e. The first-order valence-corrected chi connectivity index (χ1v) is 11.2. The highest BCUT2D eigenvalue weighted by Gasteiger charge is 2.21. The molecular formula is C24H26N4O2S. The van der Waals surface area contributed by atoms with E-state index in [1.165, 1.54) is 5.56 Å². The number of carbonyl (C=O) groups excluding carboxylic acids is 1. The molecule has 31 heavy (non-hydrogen) atoms. The molecular weight excluding hydrogens is 408 g/mol. The Bertz CT molecular complexity index is 1170. The number of amides is 1. The van der Waals surface area contributed by atoms with Crippen LogP contribution in [0.1, 0.15) is 23.6 Å². The Balaban J connectivity index is 1.60. The van der Waals surface area contributed by atoms with E-state index in [1.54, 1.807) is 22.4 Å². The van der Waals surface area contributed by atoms with Gasteiger partial charge in [-0.1, -0.05) is 29.5 Å². The van der Waals surface area contributed by atoms with Crippen molar-refractivity contribution in [3.63, 3.8) is 0 Å². The van der Waals surface area contributed by atoms with Crippen molar-refractivity contribution < 1.29 is 9.53 Å². The first-order valence-electron chi connectivity index (χ1n) is 10.4. The molecule has 0 aliphatic heterocycles. The van der Waals surface area contributed by atoms with Gasteiger partial charge in [-0.05, 0) is 61.7 Å². The van der Waals surface area contributed by atoms with Gasteiger partial charge in [0.1, 0.15) is 5.75 Å². The molecule has 0 aliphatic rings. The maximum Gasteiger partial charge on any atom is 0.233 e. The molecule has 0 saturated carbocycles. The Hall–Kier alpha value is -3.19. The number of rotatable bonds is 8. The van der Waals surface area contributed by atoms with Crippen LogP contribution in [-0.4, -0.2) is 33.8 Å². The molecule has 4 aromatic rings. The van der Waals surface area contributed by atoms with Crippen molar-refractivity contribution in [1.82, 2.24) is 14.8 Å². The number of hydrogen-bond donors (Lipinski definition) is 0. The summed E-state index contributed by atoms with van der Waals surface area (Å²) in [6.07, 6.45) is 3.95. The molecule has 0 unspecified atom stereocenters. The molecule has 0 bridgehead atoms. The molecule has 160 valence electrons. The van der Waals surface area contributed by atoms with Gasteiger partial charge in [-0.15, -0.1) is 0 Å². The normalized spacial score (nSPS) is 11.1. The third kappa shape index (κ3) is 4.94. The van der Waals surface area contributed by atoms with E-state index in [0.717, 1.165) is 32.2 Å². The van der Waals surface area contributed by atoms with Crippen molar-refractivity contribution in [3.8, 4) is 5.75 Å². The van der Waals surface area contributed by atoms with Crippen LogP contribution in [0, 0.1) is 13.8 Å². The Morgan fingerprint density at radius 3 is 2.71 bits per heavy atom. The maximum atomic E-state index is 13.3. The summed E-state index contributed by atoms with van der Waals surface area (Å²) in [6.45, 7) is 7.84. The van der Waals surface area contributed by atoms with E-state index in [4.69, 9.17) is 9.72 Å². The monoisotopic (exact) mass is 434 g/mol. The summed E-state index contributed by atoms with van der Waals surface area (Å²) < 4.78 is 8.44. The van der Waals surface area contributed by atoms with Crippen molar-refractivity contribution >= 4 is 32.6 Å². The van der Waals surface area contributed by atoms with Crippen LogP contribution in [0.2, 0.25) is 0 Å². The molecule has 0 saturated heterocycles. The smallest absolute Gasteiger partial charge is 0.233 e. The Labute approximate surface area is 186 Å². The number of benzene rings is 2. The van der Waals surface area contributed by atoms with Gasteiger partial charge in [-0.3, -0.25) is 14.4 Å². The Morgan fingerprint density at radius 1 is 1.19 bits per heavy atom. The second-order valence-corrected chi connectivity index (χ2v) is 8.50. The van der Waals surface area contributed by atoms with Gasteiger partial charge < -0.3 is 4.74 Å². The minimum Gasteiger partial charge on any atom is -0.494 e. The summed E-state index contributed by atoms with van der Waals surface area (Å²) >= 11 is 1.56. The van der Waals surface area contributed by atoms with E-state index in [9.17, 15) is 4.79 Å². The van der Waals surface area contributed by atoms with E-state index >= 15 is 0 Å². The average Bonchev–Trinajstić information content (AvgIpc) is 3.40. The van der Waals surface area contributed by atoms with Gasteiger partial charge in [0.25, 0.3) is 0 Å². The van der Waals surface area contributed by atoms with E-state index in [0.29, 0.717) is 26.1 Å². The molecule has 0 aliphatic carbocycles. The summed E-state index contributed by atoms with van der Waals surface area (Å²) in [7, 11) is 0. The highest BCUT2D eigenvalue weighted by atomic mass is 32.1. The fourth-order valence-electron chi connectivity index (χ4n) is 3.58. The summed E-state index contributed by atoms with van der Waals surface area (Å²) in [5.41, 5.74) is 4.24. The van der Waals surface area contributed by atoms with Gasteiger partial charge in [0.05, 0.1) is 29.8 Å². The zero-order valence-electron chi connectivity index (χ0n) is 18.0. The van der Waals surface area contributed by atoms with Gasteiger partial charge in [-0.25, -0.2) is 4.98 Å². The van der Waals surface area contributed by atoms with Crippen LogP contribution in [0.25, 0.3) is 10.2 Å². The van der Waals surface area contributed by atoms with Gasteiger partial charge in [0.15, 0.2) is 5.13 Å². The van der Waals surface area contributed by atoms with Crippen LogP contribution in [0.3, 0.4) is 0 Å². The number of fused-ring (bicyclic) bond motifs is 1. The first kappa shape index (κ1) is 21.1. The fraction of sp³-hybridized carbons (Fsp3) is 0.292. The zero-order chi connectivity index (χ0) is 21.8. The highest BCUT2D eigenvalue weighted by molar-refractivity contribution is 7.22. The minimum absolute atomic E-state index is 0.0183. The van der Waals surface area contributed by atoms with Crippen LogP contribution < -0.4 is 9.64 Å². The molecule has 4 rings (SSSR count). The molecule has 0 radical (unpaired) electrons. The fourth-order valence-corrected chi connectivity index (χ4v) is 4.76. The number of aryl methyl sites for hydroxylation is 2. The number of aromatic nitrogens is 3. The van der Waals surface area contributed by atoms with Gasteiger partial charge in [0, 0.05) is 18.9 Å². The second-order valence-electron chi connectivity index (χ2n) is 7.49. The molecule has 0 spiro atoms. The van der Waals surface area contributed by atoms with Crippen molar-refractivity contribution in [2.75, 3.05) is 18.1 Å². The van der Waals surface area contributed by atoms with E-state index in [2.05, 4.69) is 31.1 Å². The number of thiazole rings is 1. The number of hydrogen-bond acceptors (Lipinski definition) is 5. The van der Waals surface area contributed by atoms with Crippen LogP contribution >= 0.6 is 11.3 Å². The standard InChI is InChI=1S/C24H26N4O2S/c1-4-30-20-8-6-19(7-9-20)16-22(29)28(13-12-27-11-5-10-25-27)24-26-23-18(3)14-17(2)15-21(23)31-24/h5-11,14-15H,4,12-13,16H2,1-3H3. The van der Waals surface area contributed by atoms with Crippen LogP contribution in [0.15, 0.2) is 54.9 Å². The first-order chi connectivity index (χ1) is 15.0. The molecule has 0 fully saturated rings. The van der Waals surface area contributed by atoms with Crippen LogP contribution in [-0.2, 0) is 17.8 Å². The van der Waals surface area contributed by atoms with Crippen molar-refractivity contribution in [2.45, 2.75) is 33.7 Å². The lowest BCUT2D eigenvalue weighted by Crippen LogP contribution is -2.35. The SMILES string of the molecule is CCOc1ccc(CC(=O)N(CCn2cccn2)c2nc3c(C)cc(C)cc3s2)cc1. The van der Waals surface area contributed by atoms with Crippen molar-refractivity contribution in [1.29, 1.82) is 0 Å². The summed E-state index contributed by atoms with van der Waals surface area (Å²) in [5.74, 6) is 0.830. The summed E-state index contributed by atoms with van der Waals surface area (Å²) in [6, 6.07) is 13.8. The zero-order valence-corrected chi connectivity index (χ0v) is 18.9.